The molecule has 9 heavy (non-hydrogen) atoms. The molecule has 0 fully saturated rings. The Morgan fingerprint density at radius 1 is 1.22 bits per heavy atom. The average Bonchev–Trinajstić information content (AvgIpc) is 1.25. The molecule has 0 aromatic carbocycles. The maximum atomic E-state index is 9.81. The van der Waals surface area contributed by atoms with Crippen molar-refractivity contribution in [3.8, 4) is 0 Å². The van der Waals surface area contributed by atoms with Crippen LogP contribution in [-0.2, 0) is 29.6 Å². The average molecular weight is 265 g/mol. The van der Waals surface area contributed by atoms with Crippen molar-refractivity contribution in [1.82, 2.24) is 0 Å². The Morgan fingerprint density at radius 2 is 1.33 bits per heavy atom. The van der Waals surface area contributed by atoms with Crippen LogP contribution in [0.15, 0.2) is 0 Å². The van der Waals surface area contributed by atoms with E-state index in [0.717, 1.165) is 0 Å². The van der Waals surface area contributed by atoms with E-state index in [9.17, 15) is 8.42 Å². The summed E-state index contributed by atoms with van der Waals surface area (Å²) in [5, 5.41) is 0. The first-order valence-corrected chi connectivity index (χ1v) is 3.86. The van der Waals surface area contributed by atoms with Gasteiger partial charge < -0.3 is 0 Å². The Hall–Kier alpha value is 1.40. The van der Waals surface area contributed by atoms with E-state index in [1.165, 1.54) is 0 Å². The number of alkyl halides is 3. The molecule has 0 saturated heterocycles. The van der Waals surface area contributed by atoms with Gasteiger partial charge in [0, 0.05) is 19.5 Å². The van der Waals surface area contributed by atoms with Gasteiger partial charge in [-0.25, -0.2) is 0 Å². The van der Waals surface area contributed by atoms with Gasteiger partial charge in [-0.05, 0) is 0 Å². The molecule has 0 amide bonds. The van der Waals surface area contributed by atoms with E-state index in [0.29, 0.717) is 0 Å². The van der Waals surface area contributed by atoms with Crippen molar-refractivity contribution in [2.24, 2.45) is 0 Å². The van der Waals surface area contributed by atoms with Gasteiger partial charge in [-0.15, -0.1) is 0 Å². The first kappa shape index (κ1) is 13.0. The molecule has 1 N–H and O–H groups in total. The number of hydrogen-bond acceptors (Lipinski definition) is 2. The van der Waals surface area contributed by atoms with E-state index in [4.69, 9.17) is 39.4 Å². The van der Waals surface area contributed by atoms with E-state index < -0.39 is 13.2 Å². The largest absolute Gasteiger partial charge is 0.317 e. The molecule has 8 heteroatoms. The quantitative estimate of drug-likeness (QED) is 0.406. The van der Waals surface area contributed by atoms with Gasteiger partial charge in [-0.2, -0.15) is 8.42 Å². The molecular formula is CHCl3O3SZn. The number of halogens is 3. The molecule has 0 aromatic heterocycles. The fourth-order valence-electron chi connectivity index (χ4n) is 0. The van der Waals surface area contributed by atoms with Crippen molar-refractivity contribution in [2.45, 2.75) is 3.12 Å². The van der Waals surface area contributed by atoms with E-state index in [2.05, 4.69) is 0 Å². The van der Waals surface area contributed by atoms with Crippen LogP contribution in [0, 0.1) is 0 Å². The zero-order valence-corrected chi connectivity index (χ0v) is 10.1. The molecule has 0 spiro atoms. The molecule has 52 valence electrons. The summed E-state index contributed by atoms with van der Waals surface area (Å²) in [6, 6.07) is 0. The van der Waals surface area contributed by atoms with Crippen molar-refractivity contribution in [3.05, 3.63) is 0 Å². The molecule has 3 nitrogen and oxygen atoms in total. The van der Waals surface area contributed by atoms with E-state index in [-0.39, 0.29) is 19.5 Å². The molecule has 0 atom stereocenters. The van der Waals surface area contributed by atoms with Gasteiger partial charge >= 0.3 is 13.2 Å². The monoisotopic (exact) mass is 262 g/mol. The maximum Gasteiger partial charge on any atom is 0.317 e. The zero-order chi connectivity index (χ0) is 7.00. The topological polar surface area (TPSA) is 54.4 Å². The molecule has 0 unspecified atom stereocenters. The van der Waals surface area contributed by atoms with Crippen molar-refractivity contribution in [2.75, 3.05) is 0 Å². The summed E-state index contributed by atoms with van der Waals surface area (Å²) in [5.41, 5.74) is 0. The molecule has 0 aliphatic rings. The van der Waals surface area contributed by atoms with Crippen molar-refractivity contribution >= 4 is 44.9 Å². The van der Waals surface area contributed by atoms with Crippen LogP contribution in [0.3, 0.4) is 0 Å². The predicted octanol–water partition coefficient (Wildman–Crippen LogP) is 1.20. The summed E-state index contributed by atoms with van der Waals surface area (Å²) in [6.45, 7) is 0. The normalized spacial score (nSPS) is 12.4. The Balaban J connectivity index is 0. The second kappa shape index (κ2) is 3.70. The van der Waals surface area contributed by atoms with Crippen LogP contribution in [0.25, 0.3) is 0 Å². The van der Waals surface area contributed by atoms with Crippen LogP contribution in [-0.4, -0.2) is 16.1 Å². The SMILES string of the molecule is O=S(=O)(O)C(Cl)(Cl)Cl.[Zn]. The summed E-state index contributed by atoms with van der Waals surface area (Å²) in [6.07, 6.45) is 0. The Bertz CT molecular complexity index is 168. The minimum absolute atomic E-state index is 0. The summed E-state index contributed by atoms with van der Waals surface area (Å²) in [5.74, 6) is 0. The predicted molar refractivity (Wildman–Crippen MR) is 31.8 cm³/mol. The van der Waals surface area contributed by atoms with Gasteiger partial charge in [0.05, 0.1) is 0 Å². The van der Waals surface area contributed by atoms with Gasteiger partial charge in [0.15, 0.2) is 0 Å². The molecule has 0 rings (SSSR count). The molecule has 0 aliphatic heterocycles. The third-order valence-electron chi connectivity index (χ3n) is 0.292. The summed E-state index contributed by atoms with van der Waals surface area (Å²) in [4.78, 5) is 0. The minimum Gasteiger partial charge on any atom is -0.282 e. The molecule has 0 bridgehead atoms. The summed E-state index contributed by atoms with van der Waals surface area (Å²) in [7, 11) is -4.54. The van der Waals surface area contributed by atoms with Gasteiger partial charge in [-0.3, -0.25) is 4.55 Å². The van der Waals surface area contributed by atoms with Crippen LogP contribution in [0.4, 0.5) is 0 Å². The van der Waals surface area contributed by atoms with Crippen molar-refractivity contribution in [3.63, 3.8) is 0 Å². The standard InChI is InChI=1S/CHCl3O3S.Zn/c2-1(3,4)8(5,6)7;/h(H,5,6,7);. The molecule has 0 heterocycles. The second-order valence-electron chi connectivity index (χ2n) is 0.921. The number of hydrogen-bond donors (Lipinski definition) is 1. The zero-order valence-electron chi connectivity index (χ0n) is 4.01. The van der Waals surface area contributed by atoms with Crippen LogP contribution in [0.5, 0.6) is 0 Å². The first-order valence-electron chi connectivity index (χ1n) is 1.29. The Kier molecular flexibility index (Phi) is 5.35. The maximum absolute atomic E-state index is 9.81. The van der Waals surface area contributed by atoms with Crippen LogP contribution in [0.1, 0.15) is 0 Å². The molecule has 0 aromatic rings. The third-order valence-corrected chi connectivity index (χ3v) is 2.63. The fraction of sp³-hybridized carbons (Fsp3) is 1.00. The fourth-order valence-corrected chi connectivity index (χ4v) is 0. The molecule has 0 aliphatic carbocycles. The van der Waals surface area contributed by atoms with Gasteiger partial charge in [0.25, 0.3) is 0 Å². The van der Waals surface area contributed by atoms with E-state index in [1.54, 1.807) is 0 Å². The molecule has 0 saturated carbocycles. The van der Waals surface area contributed by atoms with Crippen molar-refractivity contribution < 1.29 is 32.4 Å². The van der Waals surface area contributed by atoms with Gasteiger partial charge in [0.2, 0.25) is 0 Å². The van der Waals surface area contributed by atoms with E-state index in [1.807, 2.05) is 0 Å². The minimum atomic E-state index is -4.54. The second-order valence-corrected chi connectivity index (χ2v) is 5.44. The summed E-state index contributed by atoms with van der Waals surface area (Å²) < 4.78 is 24.9. The van der Waals surface area contributed by atoms with Crippen molar-refractivity contribution in [1.29, 1.82) is 0 Å². The third kappa shape index (κ3) is 4.76. The van der Waals surface area contributed by atoms with Crippen LogP contribution in [0.2, 0.25) is 0 Å². The van der Waals surface area contributed by atoms with Gasteiger partial charge in [0.1, 0.15) is 0 Å². The summed E-state index contributed by atoms with van der Waals surface area (Å²) >= 11 is 14.1. The Morgan fingerprint density at radius 3 is 1.33 bits per heavy atom. The van der Waals surface area contributed by atoms with Crippen LogP contribution >= 0.6 is 34.8 Å². The smallest absolute Gasteiger partial charge is 0.282 e. The Labute approximate surface area is 80.2 Å². The first-order chi connectivity index (χ1) is 3.25. The molecule has 0 radical (unpaired) electrons. The molecular weight excluding hydrogens is 264 g/mol. The van der Waals surface area contributed by atoms with Gasteiger partial charge in [-0.1, -0.05) is 34.8 Å². The van der Waals surface area contributed by atoms with Crippen LogP contribution < -0.4 is 0 Å². The number of rotatable bonds is 0. The van der Waals surface area contributed by atoms with E-state index >= 15 is 0 Å².